The van der Waals surface area contributed by atoms with E-state index in [4.69, 9.17) is 0 Å². The summed E-state index contributed by atoms with van der Waals surface area (Å²) in [6.07, 6.45) is 12.2. The molecule has 0 spiro atoms. The van der Waals surface area contributed by atoms with E-state index in [1.807, 2.05) is 39.0 Å². The maximum absolute atomic E-state index is 4.29. The van der Waals surface area contributed by atoms with Crippen LogP contribution >= 0.6 is 8.58 Å². The van der Waals surface area contributed by atoms with Gasteiger partial charge in [-0.2, -0.15) is 0 Å². The van der Waals surface area contributed by atoms with Crippen molar-refractivity contribution in [3.63, 3.8) is 0 Å². The number of hydrogen-bond acceptors (Lipinski definition) is 0. The molecule has 1 heteroatoms. The molecule has 0 aromatic heterocycles. The van der Waals surface area contributed by atoms with Crippen LogP contribution in [0, 0.1) is 0 Å². The zero-order valence-corrected chi connectivity index (χ0v) is 21.4. The van der Waals surface area contributed by atoms with E-state index in [9.17, 15) is 0 Å². The van der Waals surface area contributed by atoms with E-state index in [2.05, 4.69) is 96.8 Å². The van der Waals surface area contributed by atoms with Crippen molar-refractivity contribution in [2.75, 3.05) is 0 Å². The molecule has 0 bridgehead atoms. The van der Waals surface area contributed by atoms with Gasteiger partial charge in [0.2, 0.25) is 0 Å². The fourth-order valence-corrected chi connectivity index (χ4v) is 3.46. The Labute approximate surface area is 188 Å². The van der Waals surface area contributed by atoms with Crippen LogP contribution in [0.15, 0.2) is 108 Å². The summed E-state index contributed by atoms with van der Waals surface area (Å²) in [5, 5.41) is 2.46. The molecule has 0 aliphatic carbocycles. The Kier molecular flexibility index (Phi) is 12.9. The third-order valence-electron chi connectivity index (χ3n) is 4.62. The standard InChI is InChI=1S/C27H35P.C2H6/c1-10-12-13-20(3)22(5)24(11-2)15-14-21(4)23(6)28-26-18-16-25(17-19-26)27(7,8)9;1-2/h10-19,28H,2,5-6H2,1,3-4,7-9H3;1-2H3/b12-10-,20-13-,21-14+,24-15+;. The lowest BCUT2D eigenvalue weighted by molar-refractivity contribution is 0.590. The van der Waals surface area contributed by atoms with Crippen LogP contribution in [0.5, 0.6) is 0 Å². The summed E-state index contributed by atoms with van der Waals surface area (Å²) < 4.78 is 0. The largest absolute Gasteiger partial charge is 0.0984 e. The van der Waals surface area contributed by atoms with Crippen LogP contribution in [0.3, 0.4) is 0 Å². The summed E-state index contributed by atoms with van der Waals surface area (Å²) in [5.41, 5.74) is 5.88. The van der Waals surface area contributed by atoms with Crippen molar-refractivity contribution in [3.8, 4) is 0 Å². The smallest absolute Gasteiger partial charge is 0.0132 e. The molecule has 0 fully saturated rings. The summed E-state index contributed by atoms with van der Waals surface area (Å²) in [6.45, 7) is 29.3. The molecule has 0 saturated heterocycles. The van der Waals surface area contributed by atoms with Crippen molar-refractivity contribution in [3.05, 3.63) is 114 Å². The van der Waals surface area contributed by atoms with Crippen LogP contribution < -0.4 is 5.30 Å². The zero-order chi connectivity index (χ0) is 23.3. The van der Waals surface area contributed by atoms with E-state index in [1.54, 1.807) is 0 Å². The predicted molar refractivity (Wildman–Crippen MR) is 143 cm³/mol. The molecule has 162 valence electrons. The van der Waals surface area contributed by atoms with Gasteiger partial charge in [-0.05, 0) is 64.7 Å². The highest BCUT2D eigenvalue weighted by Gasteiger charge is 2.13. The lowest BCUT2D eigenvalue weighted by Gasteiger charge is -2.19. The van der Waals surface area contributed by atoms with Gasteiger partial charge in [-0.15, -0.1) is 0 Å². The van der Waals surface area contributed by atoms with Crippen molar-refractivity contribution >= 4 is 13.9 Å². The molecule has 1 atom stereocenters. The average Bonchev–Trinajstić information content (AvgIpc) is 2.73. The monoisotopic (exact) mass is 420 g/mol. The number of rotatable bonds is 8. The van der Waals surface area contributed by atoms with Crippen molar-refractivity contribution in [2.45, 2.75) is 60.8 Å². The first kappa shape index (κ1) is 27.8. The first-order chi connectivity index (χ1) is 14.1. The van der Waals surface area contributed by atoms with E-state index in [0.717, 1.165) is 22.0 Å². The molecule has 0 radical (unpaired) electrons. The predicted octanol–water partition coefficient (Wildman–Crippen LogP) is 8.97. The average molecular weight is 421 g/mol. The van der Waals surface area contributed by atoms with Crippen LogP contribution in [0.2, 0.25) is 0 Å². The second kappa shape index (κ2) is 13.9. The van der Waals surface area contributed by atoms with Gasteiger partial charge in [0, 0.05) is 0 Å². The Hall–Kier alpha value is -2.17. The van der Waals surface area contributed by atoms with Crippen LogP contribution in [-0.4, -0.2) is 0 Å². The summed E-state index contributed by atoms with van der Waals surface area (Å²) in [4.78, 5) is 0. The van der Waals surface area contributed by atoms with Gasteiger partial charge in [-0.25, -0.2) is 0 Å². The highest BCUT2D eigenvalue weighted by atomic mass is 31.1. The van der Waals surface area contributed by atoms with Crippen LogP contribution in [0.1, 0.15) is 61.0 Å². The van der Waals surface area contributed by atoms with E-state index < -0.39 is 0 Å². The summed E-state index contributed by atoms with van der Waals surface area (Å²) in [6, 6.07) is 8.90. The molecule has 0 nitrogen and oxygen atoms in total. The molecule has 30 heavy (non-hydrogen) atoms. The van der Waals surface area contributed by atoms with Gasteiger partial charge < -0.3 is 0 Å². The molecule has 0 amide bonds. The van der Waals surface area contributed by atoms with E-state index in [1.165, 1.54) is 16.4 Å². The fraction of sp³-hybridized carbons (Fsp3) is 0.310. The third-order valence-corrected chi connectivity index (χ3v) is 5.94. The van der Waals surface area contributed by atoms with Crippen LogP contribution in [0.25, 0.3) is 0 Å². The molecule has 1 unspecified atom stereocenters. The first-order valence-electron chi connectivity index (χ1n) is 10.7. The van der Waals surface area contributed by atoms with Gasteiger partial charge in [-0.3, -0.25) is 0 Å². The van der Waals surface area contributed by atoms with E-state index in [-0.39, 0.29) is 5.41 Å². The number of allylic oxidation sites excluding steroid dienone is 11. The van der Waals surface area contributed by atoms with Gasteiger partial charge in [0.1, 0.15) is 0 Å². The summed E-state index contributed by atoms with van der Waals surface area (Å²) in [7, 11) is 0.571. The second-order valence-corrected chi connectivity index (χ2v) is 9.39. The summed E-state index contributed by atoms with van der Waals surface area (Å²) >= 11 is 0. The Morgan fingerprint density at radius 1 is 0.900 bits per heavy atom. The topological polar surface area (TPSA) is 0 Å². The number of hydrogen-bond donors (Lipinski definition) is 0. The number of benzene rings is 1. The van der Waals surface area contributed by atoms with Crippen molar-refractivity contribution in [1.82, 2.24) is 0 Å². The van der Waals surface area contributed by atoms with E-state index in [0.29, 0.717) is 8.58 Å². The lowest BCUT2D eigenvalue weighted by Crippen LogP contribution is -2.11. The van der Waals surface area contributed by atoms with Crippen LogP contribution in [0.4, 0.5) is 0 Å². The molecule has 0 N–H and O–H groups in total. The Morgan fingerprint density at radius 3 is 1.93 bits per heavy atom. The van der Waals surface area contributed by atoms with Gasteiger partial charge in [0.05, 0.1) is 0 Å². The van der Waals surface area contributed by atoms with Gasteiger partial charge in [-0.1, -0.05) is 124 Å². The lowest BCUT2D eigenvalue weighted by atomic mass is 9.87. The highest BCUT2D eigenvalue weighted by Crippen LogP contribution is 2.29. The van der Waals surface area contributed by atoms with Crippen molar-refractivity contribution < 1.29 is 0 Å². The SMILES string of the molecule is C=C/C(=C\C=C(/C)C(=C)Pc1ccc(C(C)(C)C)cc1)C(=C)/C(C)=C\C=C/C.CC. The molecule has 0 heterocycles. The molecule has 1 rings (SSSR count). The molecule has 1 aromatic carbocycles. The molecule has 0 saturated carbocycles. The van der Waals surface area contributed by atoms with Gasteiger partial charge in [0.15, 0.2) is 0 Å². The second-order valence-electron chi connectivity index (χ2n) is 7.96. The Balaban J connectivity index is 0.00000407. The minimum atomic E-state index is 0.183. The first-order valence-corrected chi connectivity index (χ1v) is 11.7. The molecular weight excluding hydrogens is 379 g/mol. The maximum atomic E-state index is 4.29. The van der Waals surface area contributed by atoms with E-state index >= 15 is 0 Å². The minimum Gasteiger partial charge on any atom is -0.0984 e. The molecule has 0 aliphatic rings. The molecule has 1 aromatic rings. The van der Waals surface area contributed by atoms with Crippen LogP contribution in [-0.2, 0) is 5.41 Å². The Bertz CT molecular complexity index is 831. The third kappa shape index (κ3) is 9.55. The van der Waals surface area contributed by atoms with Gasteiger partial charge >= 0.3 is 0 Å². The minimum absolute atomic E-state index is 0.183. The summed E-state index contributed by atoms with van der Waals surface area (Å²) in [5.74, 6) is 0. The maximum Gasteiger partial charge on any atom is -0.0132 e. The molecular formula is C29H41P. The zero-order valence-electron chi connectivity index (χ0n) is 20.4. The Morgan fingerprint density at radius 2 is 1.47 bits per heavy atom. The molecule has 0 aliphatic heterocycles. The van der Waals surface area contributed by atoms with Crippen molar-refractivity contribution in [1.29, 1.82) is 0 Å². The highest BCUT2D eigenvalue weighted by molar-refractivity contribution is 7.52. The quantitative estimate of drug-likeness (QED) is 0.291. The van der Waals surface area contributed by atoms with Gasteiger partial charge in [0.25, 0.3) is 0 Å². The fourth-order valence-electron chi connectivity index (χ4n) is 2.50. The normalized spacial score (nSPS) is 13.4. The van der Waals surface area contributed by atoms with Crippen molar-refractivity contribution in [2.24, 2.45) is 0 Å².